The van der Waals surface area contributed by atoms with Crippen LogP contribution in [0.3, 0.4) is 0 Å². The molecule has 3 aromatic heterocycles. The summed E-state index contributed by atoms with van der Waals surface area (Å²) in [6, 6.07) is 53.6. The third kappa shape index (κ3) is 3.46. The minimum absolute atomic E-state index is 0.888. The molecule has 10 rings (SSSR count). The first-order valence-corrected chi connectivity index (χ1v) is 15.3. The summed E-state index contributed by atoms with van der Waals surface area (Å²) in [6.45, 7) is 0. The quantitative estimate of drug-likeness (QED) is 0.210. The van der Waals surface area contributed by atoms with Gasteiger partial charge in [0.1, 0.15) is 16.7 Å². The van der Waals surface area contributed by atoms with E-state index in [1.165, 1.54) is 21.9 Å². The van der Waals surface area contributed by atoms with Crippen LogP contribution in [0.2, 0.25) is 0 Å². The Balaban J connectivity index is 1.34. The van der Waals surface area contributed by atoms with E-state index in [0.29, 0.717) is 0 Å². The molecule has 0 saturated heterocycles. The van der Waals surface area contributed by atoms with E-state index < -0.39 is 0 Å². The average molecular weight is 576 g/mol. The lowest BCUT2D eigenvalue weighted by Crippen LogP contribution is -1.96. The lowest BCUT2D eigenvalue weighted by molar-refractivity contribution is 0.669. The van der Waals surface area contributed by atoms with Crippen LogP contribution in [0.4, 0.5) is 0 Å². The molecule has 210 valence electrons. The summed E-state index contributed by atoms with van der Waals surface area (Å²) in [7, 11) is 0. The average Bonchev–Trinajstić information content (AvgIpc) is 3.78. The fourth-order valence-electron chi connectivity index (χ4n) is 7.26. The number of furan rings is 2. The summed E-state index contributed by atoms with van der Waals surface area (Å²) in [5.74, 6) is 0. The maximum absolute atomic E-state index is 6.63. The van der Waals surface area contributed by atoms with Crippen molar-refractivity contribution in [1.29, 1.82) is 0 Å². The van der Waals surface area contributed by atoms with Crippen LogP contribution in [-0.2, 0) is 0 Å². The number of aromatic nitrogens is 1. The molecule has 3 nitrogen and oxygen atoms in total. The molecule has 0 saturated carbocycles. The van der Waals surface area contributed by atoms with Gasteiger partial charge in [0, 0.05) is 38.0 Å². The van der Waals surface area contributed by atoms with Gasteiger partial charge >= 0.3 is 0 Å². The van der Waals surface area contributed by atoms with Crippen molar-refractivity contribution < 1.29 is 8.83 Å². The van der Waals surface area contributed by atoms with Gasteiger partial charge in [-0.15, -0.1) is 0 Å². The van der Waals surface area contributed by atoms with Crippen LogP contribution in [0.15, 0.2) is 160 Å². The Hall–Kier alpha value is -6.06. The van der Waals surface area contributed by atoms with E-state index in [0.717, 1.165) is 71.7 Å². The van der Waals surface area contributed by atoms with Gasteiger partial charge in [-0.25, -0.2) is 0 Å². The fourth-order valence-corrected chi connectivity index (χ4v) is 7.26. The highest BCUT2D eigenvalue weighted by Crippen LogP contribution is 2.44. The summed E-state index contributed by atoms with van der Waals surface area (Å²) in [4.78, 5) is 0. The van der Waals surface area contributed by atoms with Crippen molar-refractivity contribution in [3.63, 3.8) is 0 Å². The predicted molar refractivity (Wildman–Crippen MR) is 186 cm³/mol. The summed E-state index contributed by atoms with van der Waals surface area (Å²) in [6.07, 6.45) is 0. The number of para-hydroxylation sites is 3. The van der Waals surface area contributed by atoms with Crippen molar-refractivity contribution in [3.8, 4) is 27.9 Å². The van der Waals surface area contributed by atoms with E-state index in [4.69, 9.17) is 8.83 Å². The predicted octanol–water partition coefficient (Wildman–Crippen LogP) is 11.9. The second-order valence-electron chi connectivity index (χ2n) is 11.7. The van der Waals surface area contributed by atoms with E-state index in [-0.39, 0.29) is 0 Å². The van der Waals surface area contributed by atoms with E-state index in [2.05, 4.69) is 138 Å². The van der Waals surface area contributed by atoms with Crippen molar-refractivity contribution in [3.05, 3.63) is 152 Å². The van der Waals surface area contributed by atoms with Crippen molar-refractivity contribution in [2.24, 2.45) is 0 Å². The lowest BCUT2D eigenvalue weighted by Gasteiger charge is -2.16. The minimum atomic E-state index is 0.888. The number of hydrogen-bond acceptors (Lipinski definition) is 2. The maximum Gasteiger partial charge on any atom is 0.160 e. The number of hydrogen-bond donors (Lipinski definition) is 0. The maximum atomic E-state index is 6.63. The van der Waals surface area contributed by atoms with Crippen LogP contribution >= 0.6 is 0 Å². The third-order valence-electron chi connectivity index (χ3n) is 9.22. The van der Waals surface area contributed by atoms with Gasteiger partial charge in [0.2, 0.25) is 0 Å². The van der Waals surface area contributed by atoms with Crippen LogP contribution < -0.4 is 0 Å². The standard InChI is InChI=1S/C42H25NO2/c1-2-11-26(12-3-1)28-22-21-27(25-35(28)31-16-10-20-39-40(31)34-15-6-9-19-38(34)44-39)43-36-17-7-4-13-29(36)32-23-24-33-30-14-5-8-18-37(30)45-42(33)41(32)43/h1-25H. The molecule has 0 fully saturated rings. The van der Waals surface area contributed by atoms with Gasteiger partial charge in [-0.2, -0.15) is 0 Å². The Morgan fingerprint density at radius 2 is 1.09 bits per heavy atom. The van der Waals surface area contributed by atoms with E-state index in [1.807, 2.05) is 18.2 Å². The number of rotatable bonds is 3. The van der Waals surface area contributed by atoms with Gasteiger partial charge in [0.25, 0.3) is 0 Å². The molecule has 0 aliphatic heterocycles. The molecule has 45 heavy (non-hydrogen) atoms. The topological polar surface area (TPSA) is 31.2 Å². The normalized spacial score (nSPS) is 12.0. The highest BCUT2D eigenvalue weighted by molar-refractivity contribution is 6.21. The van der Waals surface area contributed by atoms with Gasteiger partial charge in [0.05, 0.1) is 11.0 Å². The molecular formula is C42H25NO2. The fraction of sp³-hybridized carbons (Fsp3) is 0. The zero-order valence-corrected chi connectivity index (χ0v) is 24.2. The molecule has 0 atom stereocenters. The van der Waals surface area contributed by atoms with E-state index in [9.17, 15) is 0 Å². The van der Waals surface area contributed by atoms with Crippen LogP contribution in [-0.4, -0.2) is 4.57 Å². The number of nitrogens with zero attached hydrogens (tertiary/aromatic N) is 1. The Labute approximate surface area is 258 Å². The van der Waals surface area contributed by atoms with Crippen molar-refractivity contribution in [2.75, 3.05) is 0 Å². The Morgan fingerprint density at radius 1 is 0.400 bits per heavy atom. The van der Waals surface area contributed by atoms with Crippen molar-refractivity contribution in [1.82, 2.24) is 4.57 Å². The molecule has 0 spiro atoms. The van der Waals surface area contributed by atoms with Crippen LogP contribution in [0.5, 0.6) is 0 Å². The van der Waals surface area contributed by atoms with E-state index >= 15 is 0 Å². The van der Waals surface area contributed by atoms with Crippen LogP contribution in [0.25, 0.3) is 93.6 Å². The Morgan fingerprint density at radius 3 is 1.96 bits per heavy atom. The van der Waals surface area contributed by atoms with Gasteiger partial charge in [-0.3, -0.25) is 0 Å². The molecule has 10 aromatic rings. The molecule has 7 aromatic carbocycles. The summed E-state index contributed by atoms with van der Waals surface area (Å²) in [5.41, 5.74) is 11.5. The first kappa shape index (κ1) is 24.4. The highest BCUT2D eigenvalue weighted by atomic mass is 16.3. The molecule has 0 radical (unpaired) electrons. The second-order valence-corrected chi connectivity index (χ2v) is 11.7. The third-order valence-corrected chi connectivity index (χ3v) is 9.22. The van der Waals surface area contributed by atoms with Crippen molar-refractivity contribution >= 4 is 65.7 Å². The molecular weight excluding hydrogens is 550 g/mol. The summed E-state index contributed by atoms with van der Waals surface area (Å²) in [5, 5.41) is 6.88. The molecule has 0 aliphatic rings. The van der Waals surface area contributed by atoms with Crippen molar-refractivity contribution in [2.45, 2.75) is 0 Å². The van der Waals surface area contributed by atoms with Gasteiger partial charge in [-0.1, -0.05) is 109 Å². The molecule has 0 N–H and O–H groups in total. The second kappa shape index (κ2) is 9.22. The molecule has 3 heterocycles. The minimum Gasteiger partial charge on any atom is -0.456 e. The van der Waals surface area contributed by atoms with Gasteiger partial charge < -0.3 is 13.4 Å². The zero-order chi connectivity index (χ0) is 29.5. The highest BCUT2D eigenvalue weighted by Gasteiger charge is 2.21. The molecule has 3 heteroatoms. The Bertz CT molecular complexity index is 2760. The number of benzene rings is 7. The molecule has 0 aliphatic carbocycles. The summed E-state index contributed by atoms with van der Waals surface area (Å²) >= 11 is 0. The Kier molecular flexibility index (Phi) is 5.00. The van der Waals surface area contributed by atoms with Crippen LogP contribution in [0, 0.1) is 0 Å². The van der Waals surface area contributed by atoms with E-state index in [1.54, 1.807) is 0 Å². The lowest BCUT2D eigenvalue weighted by atomic mass is 9.91. The molecule has 0 unspecified atom stereocenters. The SMILES string of the molecule is c1ccc(-c2ccc(-n3c4ccccc4c4ccc5c6ccccc6oc5c43)cc2-c2cccc3oc4ccccc4c23)cc1. The summed E-state index contributed by atoms with van der Waals surface area (Å²) < 4.78 is 15.3. The number of fused-ring (bicyclic) bond motifs is 10. The zero-order valence-electron chi connectivity index (χ0n) is 24.2. The molecule has 0 bridgehead atoms. The largest absolute Gasteiger partial charge is 0.456 e. The molecule has 0 amide bonds. The van der Waals surface area contributed by atoms with Gasteiger partial charge in [-0.05, 0) is 64.7 Å². The smallest absolute Gasteiger partial charge is 0.160 e. The first-order chi connectivity index (χ1) is 22.3. The monoisotopic (exact) mass is 575 g/mol. The first-order valence-electron chi connectivity index (χ1n) is 15.3. The van der Waals surface area contributed by atoms with Crippen LogP contribution in [0.1, 0.15) is 0 Å². The van der Waals surface area contributed by atoms with Gasteiger partial charge in [0.15, 0.2) is 5.58 Å².